The lowest BCUT2D eigenvalue weighted by atomic mass is 10.2. The molecule has 7 nitrogen and oxygen atoms in total. The number of nitrogens with two attached hydrogens (primary N) is 1. The number of nitrogens with zero attached hydrogens (tertiary/aromatic N) is 4. The Hall–Kier alpha value is -1.99. The summed E-state index contributed by atoms with van der Waals surface area (Å²) in [6.45, 7) is 2.74. The van der Waals surface area contributed by atoms with Gasteiger partial charge in [-0.15, -0.1) is 5.10 Å². The van der Waals surface area contributed by atoms with Crippen molar-refractivity contribution in [1.82, 2.24) is 20.2 Å². The first-order chi connectivity index (χ1) is 10.3. The fraction of sp³-hybridized carbons (Fsp3) is 0.500. The minimum absolute atomic E-state index is 0.632. The maximum Gasteiger partial charge on any atom is 0.182 e. The van der Waals surface area contributed by atoms with Gasteiger partial charge in [-0.1, -0.05) is 12.1 Å². The van der Waals surface area contributed by atoms with Gasteiger partial charge < -0.3 is 15.2 Å². The zero-order valence-electron chi connectivity index (χ0n) is 12.2. The van der Waals surface area contributed by atoms with Gasteiger partial charge in [-0.2, -0.15) is 0 Å². The molecule has 21 heavy (non-hydrogen) atoms. The molecule has 2 rings (SSSR count). The molecule has 2 N–H and O–H groups in total. The Balaban J connectivity index is 1.81. The van der Waals surface area contributed by atoms with E-state index in [4.69, 9.17) is 15.2 Å². The summed E-state index contributed by atoms with van der Waals surface area (Å²) in [4.78, 5) is 0. The van der Waals surface area contributed by atoms with Crippen molar-refractivity contribution in [3.63, 3.8) is 0 Å². The Labute approximate surface area is 124 Å². The van der Waals surface area contributed by atoms with Crippen LogP contribution in [0.4, 0.5) is 5.69 Å². The number of nitrogen functional groups attached to an aromatic ring is 1. The molecule has 1 aromatic carbocycles. The van der Waals surface area contributed by atoms with E-state index in [1.165, 1.54) is 0 Å². The summed E-state index contributed by atoms with van der Waals surface area (Å²) in [7, 11) is 1.67. The molecule has 0 saturated heterocycles. The smallest absolute Gasteiger partial charge is 0.182 e. The number of aromatic nitrogens is 4. The molecule has 0 spiro atoms. The van der Waals surface area contributed by atoms with Crippen molar-refractivity contribution < 1.29 is 9.47 Å². The highest BCUT2D eigenvalue weighted by Gasteiger charge is 2.08. The molecule has 1 heterocycles. The third-order valence-electron chi connectivity index (χ3n) is 3.02. The fourth-order valence-corrected chi connectivity index (χ4v) is 1.95. The minimum atomic E-state index is 0.632. The summed E-state index contributed by atoms with van der Waals surface area (Å²) in [5.74, 6) is 0.739. The average molecular weight is 291 g/mol. The van der Waals surface area contributed by atoms with Crippen molar-refractivity contribution >= 4 is 5.69 Å². The largest absolute Gasteiger partial charge is 0.399 e. The van der Waals surface area contributed by atoms with Gasteiger partial charge in [-0.05, 0) is 35.4 Å². The van der Waals surface area contributed by atoms with Crippen LogP contribution < -0.4 is 5.73 Å². The predicted octanol–water partition coefficient (Wildman–Crippen LogP) is 1.37. The van der Waals surface area contributed by atoms with Crippen LogP contribution in [-0.4, -0.2) is 47.1 Å². The molecular weight excluding hydrogens is 270 g/mol. The van der Waals surface area contributed by atoms with E-state index >= 15 is 0 Å². The van der Waals surface area contributed by atoms with E-state index in [-0.39, 0.29) is 0 Å². The van der Waals surface area contributed by atoms with Gasteiger partial charge in [0.25, 0.3) is 0 Å². The maximum atomic E-state index is 5.79. The molecule has 0 saturated carbocycles. The first-order valence-corrected chi connectivity index (χ1v) is 7.00. The van der Waals surface area contributed by atoms with E-state index in [0.717, 1.165) is 37.4 Å². The molecule has 0 fully saturated rings. The molecule has 114 valence electrons. The molecule has 0 radical (unpaired) electrons. The Morgan fingerprint density at radius 2 is 2.10 bits per heavy atom. The third kappa shape index (κ3) is 4.80. The normalized spacial score (nSPS) is 10.9. The fourth-order valence-electron chi connectivity index (χ4n) is 1.95. The number of benzene rings is 1. The monoisotopic (exact) mass is 291 g/mol. The van der Waals surface area contributed by atoms with Crippen molar-refractivity contribution in [1.29, 1.82) is 0 Å². The molecule has 7 heteroatoms. The highest BCUT2D eigenvalue weighted by atomic mass is 16.5. The number of hydrogen-bond acceptors (Lipinski definition) is 6. The Kier molecular flexibility index (Phi) is 6.11. The number of tetrazole rings is 1. The highest BCUT2D eigenvalue weighted by Crippen LogP contribution is 2.18. The summed E-state index contributed by atoms with van der Waals surface area (Å²) >= 11 is 0. The SMILES string of the molecule is COCCOCCCCn1nnnc1-c1cccc(N)c1. The van der Waals surface area contributed by atoms with Crippen LogP contribution in [0.25, 0.3) is 11.4 Å². The van der Waals surface area contributed by atoms with Crippen LogP contribution in [0.3, 0.4) is 0 Å². The number of methoxy groups -OCH3 is 1. The van der Waals surface area contributed by atoms with E-state index in [9.17, 15) is 0 Å². The second-order valence-corrected chi connectivity index (χ2v) is 4.66. The Morgan fingerprint density at radius 3 is 2.90 bits per heavy atom. The zero-order chi connectivity index (χ0) is 14.9. The average Bonchev–Trinajstić information content (AvgIpc) is 2.95. The Bertz CT molecular complexity index is 544. The molecule has 0 bridgehead atoms. The minimum Gasteiger partial charge on any atom is -0.399 e. The second-order valence-electron chi connectivity index (χ2n) is 4.66. The van der Waals surface area contributed by atoms with Gasteiger partial charge >= 0.3 is 0 Å². The quantitative estimate of drug-likeness (QED) is 0.554. The van der Waals surface area contributed by atoms with Crippen molar-refractivity contribution in [3.05, 3.63) is 24.3 Å². The van der Waals surface area contributed by atoms with Crippen LogP contribution in [0, 0.1) is 0 Å². The highest BCUT2D eigenvalue weighted by molar-refractivity contribution is 5.60. The number of unbranched alkanes of at least 4 members (excludes halogenated alkanes) is 1. The molecule has 0 aliphatic carbocycles. The number of aryl methyl sites for hydroxylation is 1. The number of anilines is 1. The molecule has 0 aliphatic rings. The summed E-state index contributed by atoms with van der Waals surface area (Å²) in [6, 6.07) is 7.56. The van der Waals surface area contributed by atoms with Crippen LogP contribution in [0.1, 0.15) is 12.8 Å². The van der Waals surface area contributed by atoms with Gasteiger partial charge in [0.2, 0.25) is 0 Å². The molecule has 0 amide bonds. The predicted molar refractivity (Wildman–Crippen MR) is 79.6 cm³/mol. The topological polar surface area (TPSA) is 88.1 Å². The van der Waals surface area contributed by atoms with Crippen molar-refractivity contribution in [2.75, 3.05) is 32.7 Å². The summed E-state index contributed by atoms with van der Waals surface area (Å²) in [5, 5.41) is 11.8. The number of rotatable bonds is 9. The lowest BCUT2D eigenvalue weighted by Crippen LogP contribution is -2.06. The number of ether oxygens (including phenoxy) is 2. The molecular formula is C14H21N5O2. The Morgan fingerprint density at radius 1 is 1.19 bits per heavy atom. The molecule has 0 atom stereocenters. The van der Waals surface area contributed by atoms with Crippen LogP contribution >= 0.6 is 0 Å². The van der Waals surface area contributed by atoms with E-state index in [1.54, 1.807) is 11.8 Å². The van der Waals surface area contributed by atoms with Crippen molar-refractivity contribution in [2.24, 2.45) is 0 Å². The van der Waals surface area contributed by atoms with E-state index in [2.05, 4.69) is 15.5 Å². The van der Waals surface area contributed by atoms with Crippen LogP contribution in [0.5, 0.6) is 0 Å². The second kappa shape index (κ2) is 8.33. The van der Waals surface area contributed by atoms with Crippen LogP contribution in [0.2, 0.25) is 0 Å². The summed E-state index contributed by atoms with van der Waals surface area (Å²) in [6.07, 6.45) is 1.91. The zero-order valence-corrected chi connectivity index (χ0v) is 12.2. The van der Waals surface area contributed by atoms with Crippen LogP contribution in [-0.2, 0) is 16.0 Å². The first kappa shape index (κ1) is 15.4. The van der Waals surface area contributed by atoms with Gasteiger partial charge in [-0.25, -0.2) is 4.68 Å². The van der Waals surface area contributed by atoms with E-state index in [1.807, 2.05) is 24.3 Å². The van der Waals surface area contributed by atoms with Gasteiger partial charge in [0.1, 0.15) is 0 Å². The lowest BCUT2D eigenvalue weighted by Gasteiger charge is -2.06. The van der Waals surface area contributed by atoms with Crippen LogP contribution in [0.15, 0.2) is 24.3 Å². The van der Waals surface area contributed by atoms with E-state index in [0.29, 0.717) is 18.9 Å². The lowest BCUT2D eigenvalue weighted by molar-refractivity contribution is 0.0683. The van der Waals surface area contributed by atoms with Gasteiger partial charge in [0.05, 0.1) is 13.2 Å². The van der Waals surface area contributed by atoms with Gasteiger partial charge in [0, 0.05) is 31.5 Å². The van der Waals surface area contributed by atoms with Crippen molar-refractivity contribution in [3.8, 4) is 11.4 Å². The van der Waals surface area contributed by atoms with Crippen molar-refractivity contribution in [2.45, 2.75) is 19.4 Å². The standard InChI is InChI=1S/C14H21N5O2/c1-20-9-10-21-8-3-2-7-19-14(16-17-18-19)12-5-4-6-13(15)11-12/h4-6,11H,2-3,7-10,15H2,1H3. The number of hydrogen-bond donors (Lipinski definition) is 1. The summed E-state index contributed by atoms with van der Waals surface area (Å²) in [5.41, 5.74) is 7.42. The third-order valence-corrected chi connectivity index (χ3v) is 3.02. The molecule has 0 unspecified atom stereocenters. The first-order valence-electron chi connectivity index (χ1n) is 7.00. The molecule has 0 aliphatic heterocycles. The van der Waals surface area contributed by atoms with Gasteiger partial charge in [0.15, 0.2) is 5.82 Å². The summed E-state index contributed by atoms with van der Waals surface area (Å²) < 4.78 is 12.1. The van der Waals surface area contributed by atoms with E-state index < -0.39 is 0 Å². The molecule has 2 aromatic rings. The van der Waals surface area contributed by atoms with Gasteiger partial charge in [-0.3, -0.25) is 0 Å². The maximum absolute atomic E-state index is 5.79. The molecule has 1 aromatic heterocycles.